The molecule has 0 atom stereocenters. The van der Waals surface area contributed by atoms with Gasteiger partial charge in [0.15, 0.2) is 17.5 Å². The van der Waals surface area contributed by atoms with Gasteiger partial charge in [0.25, 0.3) is 0 Å². The number of ether oxygens (including phenoxy) is 3. The van der Waals surface area contributed by atoms with E-state index in [4.69, 9.17) is 9.47 Å². The number of thiazole rings is 1. The van der Waals surface area contributed by atoms with Crippen LogP contribution in [0.15, 0.2) is 22.5 Å². The van der Waals surface area contributed by atoms with E-state index in [9.17, 15) is 8.78 Å². The van der Waals surface area contributed by atoms with Gasteiger partial charge in [-0.1, -0.05) is 20.8 Å². The predicted octanol–water partition coefficient (Wildman–Crippen LogP) is 3.64. The van der Waals surface area contributed by atoms with Crippen molar-refractivity contribution in [3.05, 3.63) is 33.8 Å². The second kappa shape index (κ2) is 8.81. The first-order chi connectivity index (χ1) is 13.8. The molecule has 0 saturated heterocycles. The van der Waals surface area contributed by atoms with Crippen molar-refractivity contribution in [2.45, 2.75) is 45.9 Å². The van der Waals surface area contributed by atoms with Crippen molar-refractivity contribution in [1.29, 1.82) is 0 Å². The van der Waals surface area contributed by atoms with Gasteiger partial charge in [-0.05, 0) is 6.07 Å². The molecule has 7 nitrogen and oxygen atoms in total. The molecule has 0 fully saturated rings. The number of hydrogen-bond donors (Lipinski definition) is 2. The molecule has 1 aliphatic heterocycles. The van der Waals surface area contributed by atoms with Gasteiger partial charge in [0, 0.05) is 36.0 Å². The average Bonchev–Trinajstić information content (AvgIpc) is 3.29. The van der Waals surface area contributed by atoms with Gasteiger partial charge >= 0.3 is 6.61 Å². The van der Waals surface area contributed by atoms with Gasteiger partial charge in [0.1, 0.15) is 5.75 Å². The van der Waals surface area contributed by atoms with Crippen molar-refractivity contribution >= 4 is 17.3 Å². The highest BCUT2D eigenvalue weighted by Gasteiger charge is 2.20. The van der Waals surface area contributed by atoms with Gasteiger partial charge in [-0.15, -0.1) is 11.3 Å². The average molecular weight is 426 g/mol. The Morgan fingerprint density at radius 3 is 2.55 bits per heavy atom. The van der Waals surface area contributed by atoms with E-state index in [-0.39, 0.29) is 24.5 Å². The molecule has 2 aromatic rings. The number of aliphatic imine (C=N–C) groups is 1. The summed E-state index contributed by atoms with van der Waals surface area (Å²) >= 11 is 1.62. The lowest BCUT2D eigenvalue weighted by molar-refractivity contribution is -0.0505. The first-order valence-electron chi connectivity index (χ1n) is 9.03. The molecule has 0 spiro atoms. The first-order valence-corrected chi connectivity index (χ1v) is 9.91. The molecule has 2 N–H and O–H groups in total. The maximum atomic E-state index is 12.8. The van der Waals surface area contributed by atoms with E-state index < -0.39 is 6.61 Å². The van der Waals surface area contributed by atoms with Crippen molar-refractivity contribution in [2.75, 3.05) is 13.8 Å². The summed E-state index contributed by atoms with van der Waals surface area (Å²) in [6, 6.07) is 3.03. The molecule has 0 unspecified atom stereocenters. The Kier molecular flexibility index (Phi) is 6.41. The van der Waals surface area contributed by atoms with Crippen LogP contribution in [0, 0.1) is 0 Å². The molecule has 1 aliphatic rings. The quantitative estimate of drug-likeness (QED) is 0.543. The highest BCUT2D eigenvalue weighted by molar-refractivity contribution is 7.09. The van der Waals surface area contributed by atoms with E-state index in [0.29, 0.717) is 29.6 Å². The Balaban J connectivity index is 1.63. The minimum absolute atomic E-state index is 0.00327. The molecule has 0 bridgehead atoms. The van der Waals surface area contributed by atoms with Gasteiger partial charge in [0.05, 0.1) is 17.2 Å². The summed E-state index contributed by atoms with van der Waals surface area (Å²) in [5, 5.41) is 9.33. The minimum Gasteiger partial charge on any atom is -0.454 e. The Hall–Kier alpha value is -2.62. The van der Waals surface area contributed by atoms with Gasteiger partial charge in [0.2, 0.25) is 6.79 Å². The molecule has 0 saturated carbocycles. The van der Waals surface area contributed by atoms with E-state index >= 15 is 0 Å². The van der Waals surface area contributed by atoms with E-state index in [1.165, 1.54) is 6.07 Å². The van der Waals surface area contributed by atoms with E-state index in [1.807, 2.05) is 5.38 Å². The molecule has 0 radical (unpaired) electrons. The predicted molar refractivity (Wildman–Crippen MR) is 107 cm³/mol. The largest absolute Gasteiger partial charge is 0.454 e. The van der Waals surface area contributed by atoms with Crippen LogP contribution in [0.3, 0.4) is 0 Å². The van der Waals surface area contributed by atoms with Gasteiger partial charge in [-0.2, -0.15) is 8.78 Å². The minimum atomic E-state index is -2.94. The summed E-state index contributed by atoms with van der Waals surface area (Å²) in [4.78, 5) is 8.79. The van der Waals surface area contributed by atoms with Crippen LogP contribution in [-0.4, -0.2) is 31.4 Å². The van der Waals surface area contributed by atoms with E-state index in [0.717, 1.165) is 10.7 Å². The number of benzene rings is 1. The Morgan fingerprint density at radius 1 is 1.24 bits per heavy atom. The Labute approximate surface area is 172 Å². The number of halogens is 2. The third-order valence-electron chi connectivity index (χ3n) is 4.07. The van der Waals surface area contributed by atoms with E-state index in [2.05, 4.69) is 46.1 Å². The summed E-state index contributed by atoms with van der Waals surface area (Å²) in [6.07, 6.45) is 0. The van der Waals surface area contributed by atoms with Gasteiger partial charge in [-0.3, -0.25) is 4.99 Å². The summed E-state index contributed by atoms with van der Waals surface area (Å²) in [6.45, 7) is 4.17. The summed E-state index contributed by atoms with van der Waals surface area (Å²) in [5.74, 6) is 1.41. The van der Waals surface area contributed by atoms with Gasteiger partial charge in [-0.25, -0.2) is 4.98 Å². The molecule has 158 valence electrons. The maximum Gasteiger partial charge on any atom is 0.387 e. The fraction of sp³-hybridized carbons (Fsp3) is 0.474. The van der Waals surface area contributed by atoms with Crippen molar-refractivity contribution in [3.8, 4) is 17.2 Å². The van der Waals surface area contributed by atoms with Crippen molar-refractivity contribution in [3.63, 3.8) is 0 Å². The lowest BCUT2D eigenvalue weighted by Crippen LogP contribution is -2.36. The standard InChI is InChI=1S/C19H24F2N4O3S/c1-19(2,3)16-25-12(9-29-16)8-24-18(22-4)23-7-11-5-14-15(27-10-26-14)6-13(11)28-17(20)21/h5-6,9,17H,7-8,10H2,1-4H3,(H2,22,23,24). The Bertz CT molecular complexity index is 881. The van der Waals surface area contributed by atoms with Gasteiger partial charge < -0.3 is 24.8 Å². The smallest absolute Gasteiger partial charge is 0.387 e. The number of aromatic nitrogens is 1. The van der Waals surface area contributed by atoms with Crippen molar-refractivity contribution in [2.24, 2.45) is 4.99 Å². The molecular weight excluding hydrogens is 402 g/mol. The zero-order valence-corrected chi connectivity index (χ0v) is 17.5. The van der Waals surface area contributed by atoms with Crippen LogP contribution in [0.5, 0.6) is 17.2 Å². The molecule has 29 heavy (non-hydrogen) atoms. The number of alkyl halides is 2. The first kappa shape index (κ1) is 21.1. The topological polar surface area (TPSA) is 77.0 Å². The van der Waals surface area contributed by atoms with Crippen LogP contribution in [0.25, 0.3) is 0 Å². The number of nitrogens with one attached hydrogen (secondary N) is 2. The molecule has 0 amide bonds. The highest BCUT2D eigenvalue weighted by Crippen LogP contribution is 2.38. The Morgan fingerprint density at radius 2 is 1.93 bits per heavy atom. The highest BCUT2D eigenvalue weighted by atomic mass is 32.1. The maximum absolute atomic E-state index is 12.8. The third kappa shape index (κ3) is 5.47. The zero-order chi connectivity index (χ0) is 21.0. The second-order valence-electron chi connectivity index (χ2n) is 7.37. The SMILES string of the molecule is CN=C(NCc1csc(C(C)(C)C)n1)NCc1cc2c(cc1OC(F)F)OCO2. The number of hydrogen-bond acceptors (Lipinski definition) is 6. The normalized spacial score (nSPS) is 13.7. The molecule has 10 heteroatoms. The van der Waals surface area contributed by atoms with Crippen LogP contribution < -0.4 is 24.8 Å². The van der Waals surface area contributed by atoms with Crippen LogP contribution in [0.2, 0.25) is 0 Å². The molecular formula is C19H24F2N4O3S. The summed E-state index contributed by atoms with van der Waals surface area (Å²) in [5.41, 5.74) is 1.41. The lowest BCUT2D eigenvalue weighted by atomic mass is 9.98. The van der Waals surface area contributed by atoms with Crippen LogP contribution >= 0.6 is 11.3 Å². The lowest BCUT2D eigenvalue weighted by Gasteiger charge is -2.15. The number of fused-ring (bicyclic) bond motifs is 1. The van der Waals surface area contributed by atoms with Crippen LogP contribution in [-0.2, 0) is 18.5 Å². The van der Waals surface area contributed by atoms with E-state index in [1.54, 1.807) is 24.5 Å². The fourth-order valence-corrected chi connectivity index (χ4v) is 3.52. The van der Waals surface area contributed by atoms with Crippen LogP contribution in [0.4, 0.5) is 8.78 Å². The van der Waals surface area contributed by atoms with Crippen LogP contribution in [0.1, 0.15) is 37.0 Å². The second-order valence-corrected chi connectivity index (χ2v) is 8.22. The molecule has 0 aliphatic carbocycles. The molecule has 3 rings (SSSR count). The van der Waals surface area contributed by atoms with Crippen molar-refractivity contribution in [1.82, 2.24) is 15.6 Å². The molecule has 1 aromatic carbocycles. The van der Waals surface area contributed by atoms with Crippen molar-refractivity contribution < 1.29 is 23.0 Å². The number of nitrogens with zero attached hydrogens (tertiary/aromatic N) is 2. The fourth-order valence-electron chi connectivity index (χ4n) is 2.62. The summed E-state index contributed by atoms with van der Waals surface area (Å²) < 4.78 is 40.7. The molecule has 2 heterocycles. The number of guanidine groups is 1. The summed E-state index contributed by atoms with van der Waals surface area (Å²) in [7, 11) is 1.63. The third-order valence-corrected chi connectivity index (χ3v) is 5.39. The monoisotopic (exact) mass is 426 g/mol. The zero-order valence-electron chi connectivity index (χ0n) is 16.7. The number of rotatable bonds is 6. The molecule has 1 aromatic heterocycles.